The van der Waals surface area contributed by atoms with Gasteiger partial charge in [-0.3, -0.25) is 9.59 Å². The molecule has 1 amide bonds. The van der Waals surface area contributed by atoms with E-state index in [2.05, 4.69) is 4.98 Å². The van der Waals surface area contributed by atoms with Crippen molar-refractivity contribution in [1.82, 2.24) is 14.2 Å². The minimum absolute atomic E-state index is 0.0716. The largest absolute Gasteiger partial charge is 0.337 e. The van der Waals surface area contributed by atoms with E-state index in [0.717, 1.165) is 5.56 Å². The van der Waals surface area contributed by atoms with Crippen LogP contribution in [0, 0.1) is 6.92 Å². The second-order valence-electron chi connectivity index (χ2n) is 6.28. The molecule has 0 saturated carbocycles. The maximum Gasteiger partial charge on any atom is 0.260 e. The maximum atomic E-state index is 12.8. The molecule has 1 aromatic heterocycles. The molecule has 1 saturated heterocycles. The van der Waals surface area contributed by atoms with E-state index in [1.165, 1.54) is 21.5 Å². The van der Waals surface area contributed by atoms with Gasteiger partial charge in [-0.2, -0.15) is 4.31 Å². The van der Waals surface area contributed by atoms with Gasteiger partial charge < -0.3 is 9.88 Å². The number of rotatable bonds is 3. The number of carbonyl (C=O) groups excluding carboxylic acids is 1. The Bertz CT molecular complexity index is 951. The quantitative estimate of drug-likeness (QED) is 0.873. The summed E-state index contributed by atoms with van der Waals surface area (Å²) in [7, 11) is -3.60. The Kier molecular flexibility index (Phi) is 5.24. The molecule has 1 aliphatic heterocycles. The third-order valence-electron chi connectivity index (χ3n) is 4.45. The first-order valence-corrected chi connectivity index (χ1v) is 9.87. The SMILES string of the molecule is Cc1ccc(S(=O)(=O)N2CCCN(C(=O)c3ccc[nH]c3=O)CC2)cc1. The molecule has 8 heteroatoms. The lowest BCUT2D eigenvalue weighted by Gasteiger charge is -2.22. The number of aryl methyl sites for hydroxylation is 1. The van der Waals surface area contributed by atoms with Gasteiger partial charge in [0.25, 0.3) is 11.5 Å². The summed E-state index contributed by atoms with van der Waals surface area (Å²) in [5, 5.41) is 0. The van der Waals surface area contributed by atoms with Gasteiger partial charge in [-0.1, -0.05) is 17.7 Å². The van der Waals surface area contributed by atoms with E-state index in [1.807, 2.05) is 6.92 Å². The standard InChI is InChI=1S/C18H21N3O4S/c1-14-5-7-15(8-6-14)26(24,25)21-11-3-10-20(12-13-21)18(23)16-4-2-9-19-17(16)22/h2,4-9H,3,10-13H2,1H3,(H,19,22). The van der Waals surface area contributed by atoms with E-state index in [1.54, 1.807) is 30.3 Å². The third kappa shape index (κ3) is 3.71. The van der Waals surface area contributed by atoms with Crippen LogP contribution in [0.2, 0.25) is 0 Å². The van der Waals surface area contributed by atoms with Crippen LogP contribution in [-0.2, 0) is 10.0 Å². The van der Waals surface area contributed by atoms with Gasteiger partial charge in [0.15, 0.2) is 0 Å². The van der Waals surface area contributed by atoms with E-state index in [0.29, 0.717) is 19.5 Å². The fourth-order valence-electron chi connectivity index (χ4n) is 2.96. The molecule has 26 heavy (non-hydrogen) atoms. The number of pyridine rings is 1. The van der Waals surface area contributed by atoms with Crippen LogP contribution in [0.5, 0.6) is 0 Å². The molecule has 0 bridgehead atoms. The summed E-state index contributed by atoms with van der Waals surface area (Å²) in [6.07, 6.45) is 1.99. The minimum atomic E-state index is -3.60. The van der Waals surface area contributed by atoms with Crippen LogP contribution < -0.4 is 5.56 Å². The lowest BCUT2D eigenvalue weighted by molar-refractivity contribution is 0.0762. The topological polar surface area (TPSA) is 90.6 Å². The highest BCUT2D eigenvalue weighted by Gasteiger charge is 2.29. The molecular formula is C18H21N3O4S. The second-order valence-corrected chi connectivity index (χ2v) is 8.21. The highest BCUT2D eigenvalue weighted by atomic mass is 32.2. The van der Waals surface area contributed by atoms with Crippen molar-refractivity contribution in [2.75, 3.05) is 26.2 Å². The van der Waals surface area contributed by atoms with Crippen molar-refractivity contribution in [2.24, 2.45) is 0 Å². The Labute approximate surface area is 152 Å². The number of benzene rings is 1. The molecule has 3 rings (SSSR count). The average Bonchev–Trinajstić information content (AvgIpc) is 2.89. The van der Waals surface area contributed by atoms with Crippen LogP contribution in [0.1, 0.15) is 22.3 Å². The molecule has 0 aliphatic carbocycles. The summed E-state index contributed by atoms with van der Waals surface area (Å²) >= 11 is 0. The molecule has 138 valence electrons. The lowest BCUT2D eigenvalue weighted by atomic mass is 10.2. The van der Waals surface area contributed by atoms with E-state index >= 15 is 0 Å². The molecule has 2 aromatic rings. The molecule has 7 nitrogen and oxygen atoms in total. The lowest BCUT2D eigenvalue weighted by Crippen LogP contribution is -2.39. The van der Waals surface area contributed by atoms with Crippen molar-refractivity contribution in [2.45, 2.75) is 18.2 Å². The number of hydrogen-bond acceptors (Lipinski definition) is 4. The summed E-state index contributed by atoms with van der Waals surface area (Å²) in [5.41, 5.74) is 0.623. The molecule has 2 heterocycles. The molecule has 0 atom stereocenters. The van der Waals surface area contributed by atoms with Gasteiger partial charge in [0.05, 0.1) is 4.90 Å². The Morgan fingerprint density at radius 2 is 1.77 bits per heavy atom. The number of nitrogens with zero attached hydrogens (tertiary/aromatic N) is 2. The van der Waals surface area contributed by atoms with Gasteiger partial charge in [0.2, 0.25) is 10.0 Å². The summed E-state index contributed by atoms with van der Waals surface area (Å²) in [5.74, 6) is -0.374. The number of sulfonamides is 1. The molecule has 0 unspecified atom stereocenters. The number of aromatic nitrogens is 1. The van der Waals surface area contributed by atoms with Crippen LogP contribution >= 0.6 is 0 Å². The zero-order valence-electron chi connectivity index (χ0n) is 14.5. The van der Waals surface area contributed by atoms with Crippen molar-refractivity contribution in [3.05, 3.63) is 64.1 Å². The van der Waals surface area contributed by atoms with Gasteiger partial charge in [0, 0.05) is 32.4 Å². The van der Waals surface area contributed by atoms with Gasteiger partial charge in [0.1, 0.15) is 5.56 Å². The Morgan fingerprint density at radius 3 is 2.46 bits per heavy atom. The normalized spacial score (nSPS) is 16.3. The number of H-pyrrole nitrogens is 1. The van der Waals surface area contributed by atoms with Crippen LogP contribution in [0.15, 0.2) is 52.3 Å². The number of hydrogen-bond donors (Lipinski definition) is 1. The smallest absolute Gasteiger partial charge is 0.260 e. The maximum absolute atomic E-state index is 12.8. The zero-order chi connectivity index (χ0) is 18.7. The highest BCUT2D eigenvalue weighted by Crippen LogP contribution is 2.18. The predicted molar refractivity (Wildman–Crippen MR) is 97.5 cm³/mol. The van der Waals surface area contributed by atoms with Crippen molar-refractivity contribution in [3.8, 4) is 0 Å². The van der Waals surface area contributed by atoms with E-state index in [4.69, 9.17) is 0 Å². The van der Waals surface area contributed by atoms with E-state index < -0.39 is 15.6 Å². The fourth-order valence-corrected chi connectivity index (χ4v) is 4.43. The molecule has 1 aromatic carbocycles. The first-order chi connectivity index (χ1) is 12.4. The van der Waals surface area contributed by atoms with Gasteiger partial charge in [-0.15, -0.1) is 0 Å². The predicted octanol–water partition coefficient (Wildman–Crippen LogP) is 1.22. The first-order valence-electron chi connectivity index (χ1n) is 8.43. The minimum Gasteiger partial charge on any atom is -0.337 e. The molecule has 0 radical (unpaired) electrons. The molecule has 1 N–H and O–H groups in total. The molecule has 1 fully saturated rings. The highest BCUT2D eigenvalue weighted by molar-refractivity contribution is 7.89. The molecule has 1 aliphatic rings. The monoisotopic (exact) mass is 375 g/mol. The van der Waals surface area contributed by atoms with Crippen molar-refractivity contribution in [1.29, 1.82) is 0 Å². The number of amides is 1. The van der Waals surface area contributed by atoms with Crippen LogP contribution in [0.25, 0.3) is 0 Å². The van der Waals surface area contributed by atoms with E-state index in [-0.39, 0.29) is 29.5 Å². The Balaban J connectivity index is 1.76. The van der Waals surface area contributed by atoms with Crippen LogP contribution in [-0.4, -0.2) is 54.7 Å². The van der Waals surface area contributed by atoms with Crippen molar-refractivity contribution < 1.29 is 13.2 Å². The van der Waals surface area contributed by atoms with Gasteiger partial charge >= 0.3 is 0 Å². The summed E-state index contributed by atoms with van der Waals surface area (Å²) in [6, 6.07) is 9.81. The fraction of sp³-hybridized carbons (Fsp3) is 0.333. The van der Waals surface area contributed by atoms with E-state index in [9.17, 15) is 18.0 Å². The summed E-state index contributed by atoms with van der Waals surface area (Å²) in [6.45, 7) is 3.10. The first kappa shape index (κ1) is 18.3. The van der Waals surface area contributed by atoms with Crippen molar-refractivity contribution >= 4 is 15.9 Å². The van der Waals surface area contributed by atoms with Crippen LogP contribution in [0.4, 0.5) is 0 Å². The summed E-state index contributed by atoms with van der Waals surface area (Å²) in [4.78, 5) is 28.7. The zero-order valence-corrected chi connectivity index (χ0v) is 15.3. The molecule has 0 spiro atoms. The Morgan fingerprint density at radius 1 is 1.04 bits per heavy atom. The third-order valence-corrected chi connectivity index (χ3v) is 6.36. The number of nitrogens with one attached hydrogen (secondary N) is 1. The average molecular weight is 375 g/mol. The van der Waals surface area contributed by atoms with Crippen LogP contribution in [0.3, 0.4) is 0 Å². The van der Waals surface area contributed by atoms with Gasteiger partial charge in [-0.05, 0) is 37.6 Å². The summed E-state index contributed by atoms with van der Waals surface area (Å²) < 4.78 is 27.0. The number of aromatic amines is 1. The van der Waals surface area contributed by atoms with Crippen molar-refractivity contribution in [3.63, 3.8) is 0 Å². The molecular weight excluding hydrogens is 354 g/mol. The second kappa shape index (κ2) is 7.43. The Hall–Kier alpha value is -2.45. The number of carbonyl (C=O) groups is 1. The van der Waals surface area contributed by atoms with Gasteiger partial charge in [-0.25, -0.2) is 8.42 Å².